The Morgan fingerprint density at radius 2 is 1.92 bits per heavy atom. The first-order valence-corrected chi connectivity index (χ1v) is 9.47. The average Bonchev–Trinajstić information content (AvgIpc) is 2.70. The molecule has 1 aliphatic heterocycles. The molecule has 0 radical (unpaired) electrons. The number of ether oxygens (including phenoxy) is 3. The van der Waals surface area contributed by atoms with Crippen molar-refractivity contribution in [1.29, 1.82) is 0 Å². The number of hydrogen-bond donors (Lipinski definition) is 1. The molecular weight excluding hydrogens is 332 g/mol. The summed E-state index contributed by atoms with van der Waals surface area (Å²) in [7, 11) is 3.24. The molecule has 1 unspecified atom stereocenters. The van der Waals surface area contributed by atoms with E-state index in [9.17, 15) is 4.79 Å². The zero-order valence-corrected chi connectivity index (χ0v) is 16.4. The van der Waals surface area contributed by atoms with E-state index in [1.807, 2.05) is 30.0 Å². The van der Waals surface area contributed by atoms with E-state index in [2.05, 4.69) is 12.2 Å². The molecule has 1 aromatic carbocycles. The number of urea groups is 1. The minimum atomic E-state index is -0.0638. The van der Waals surface area contributed by atoms with Gasteiger partial charge in [-0.3, -0.25) is 0 Å². The molecule has 6 nitrogen and oxygen atoms in total. The fourth-order valence-corrected chi connectivity index (χ4v) is 3.33. The van der Waals surface area contributed by atoms with Crippen LogP contribution in [0.3, 0.4) is 0 Å². The van der Waals surface area contributed by atoms with Gasteiger partial charge in [0.05, 0.1) is 20.3 Å². The fraction of sp³-hybridized carbons (Fsp3) is 0.650. The summed E-state index contributed by atoms with van der Waals surface area (Å²) < 4.78 is 16.1. The Balaban J connectivity index is 2.03. The van der Waals surface area contributed by atoms with Crippen molar-refractivity contribution < 1.29 is 19.0 Å². The van der Waals surface area contributed by atoms with Crippen molar-refractivity contribution in [1.82, 2.24) is 10.2 Å². The van der Waals surface area contributed by atoms with Gasteiger partial charge in [0.25, 0.3) is 0 Å². The summed E-state index contributed by atoms with van der Waals surface area (Å²) in [5.74, 6) is 1.88. The minimum absolute atomic E-state index is 0.0133. The van der Waals surface area contributed by atoms with Gasteiger partial charge in [-0.2, -0.15) is 0 Å². The number of methoxy groups -OCH3 is 2. The Bertz CT molecular complexity index is 573. The molecule has 1 aliphatic rings. The van der Waals surface area contributed by atoms with Crippen molar-refractivity contribution in [3.05, 3.63) is 23.8 Å². The standard InChI is InChI=1S/C20H32N2O4/c1-5-17(16-7-8-18(24-3)19(13-16)25-4)21-20(23)22(6-2)14-15-9-11-26-12-10-15/h7-8,13,15,17H,5-6,9-12,14H2,1-4H3,(H,21,23). The van der Waals surface area contributed by atoms with E-state index in [4.69, 9.17) is 14.2 Å². The Morgan fingerprint density at radius 3 is 2.50 bits per heavy atom. The normalized spacial score (nSPS) is 16.0. The summed E-state index contributed by atoms with van der Waals surface area (Å²) in [5, 5.41) is 3.17. The first-order valence-electron chi connectivity index (χ1n) is 9.47. The molecule has 1 heterocycles. The summed E-state index contributed by atoms with van der Waals surface area (Å²) in [6.07, 6.45) is 2.85. The van der Waals surface area contributed by atoms with Crippen LogP contribution in [0.1, 0.15) is 44.7 Å². The first-order chi connectivity index (χ1) is 12.6. The van der Waals surface area contributed by atoms with Crippen molar-refractivity contribution >= 4 is 6.03 Å². The second-order valence-corrected chi connectivity index (χ2v) is 6.62. The molecule has 26 heavy (non-hydrogen) atoms. The van der Waals surface area contributed by atoms with Crippen molar-refractivity contribution in [3.8, 4) is 11.5 Å². The average molecular weight is 364 g/mol. The van der Waals surface area contributed by atoms with E-state index in [1.54, 1.807) is 14.2 Å². The number of amides is 2. The van der Waals surface area contributed by atoms with Crippen molar-refractivity contribution in [3.63, 3.8) is 0 Å². The summed E-state index contributed by atoms with van der Waals surface area (Å²) in [6, 6.07) is 5.71. The van der Waals surface area contributed by atoms with Crippen LogP contribution in [0.15, 0.2) is 18.2 Å². The molecule has 1 aromatic rings. The lowest BCUT2D eigenvalue weighted by molar-refractivity contribution is 0.0566. The Hall–Kier alpha value is -1.95. The molecule has 0 saturated carbocycles. The molecule has 1 saturated heterocycles. The maximum atomic E-state index is 12.8. The Labute approximate surface area is 156 Å². The van der Waals surface area contributed by atoms with Crippen LogP contribution >= 0.6 is 0 Å². The van der Waals surface area contributed by atoms with E-state index in [-0.39, 0.29) is 12.1 Å². The van der Waals surface area contributed by atoms with E-state index < -0.39 is 0 Å². The van der Waals surface area contributed by atoms with Gasteiger partial charge in [0.1, 0.15) is 0 Å². The number of benzene rings is 1. The number of nitrogens with one attached hydrogen (secondary N) is 1. The number of carbonyl (C=O) groups is 1. The lowest BCUT2D eigenvalue weighted by Crippen LogP contribution is -2.44. The molecule has 6 heteroatoms. The van der Waals surface area contributed by atoms with Crippen molar-refractivity contribution in [2.45, 2.75) is 39.2 Å². The van der Waals surface area contributed by atoms with Crippen LogP contribution in [0.5, 0.6) is 11.5 Å². The molecule has 0 aliphatic carbocycles. The van der Waals surface area contributed by atoms with Gasteiger partial charge in [-0.25, -0.2) is 4.79 Å². The van der Waals surface area contributed by atoms with Gasteiger partial charge in [-0.05, 0) is 49.8 Å². The van der Waals surface area contributed by atoms with Crippen LogP contribution in [0.2, 0.25) is 0 Å². The van der Waals surface area contributed by atoms with E-state index >= 15 is 0 Å². The van der Waals surface area contributed by atoms with Crippen molar-refractivity contribution in [2.75, 3.05) is 40.5 Å². The van der Waals surface area contributed by atoms with Crippen LogP contribution in [-0.4, -0.2) is 51.5 Å². The molecule has 1 fully saturated rings. The third-order valence-electron chi connectivity index (χ3n) is 5.00. The molecule has 1 atom stereocenters. The lowest BCUT2D eigenvalue weighted by Gasteiger charge is -2.30. The largest absolute Gasteiger partial charge is 0.493 e. The highest BCUT2D eigenvalue weighted by molar-refractivity contribution is 5.74. The third-order valence-corrected chi connectivity index (χ3v) is 5.00. The molecular formula is C20H32N2O4. The van der Waals surface area contributed by atoms with E-state index in [1.165, 1.54) is 0 Å². The van der Waals surface area contributed by atoms with Gasteiger partial charge in [-0.1, -0.05) is 13.0 Å². The van der Waals surface area contributed by atoms with Crippen LogP contribution in [0, 0.1) is 5.92 Å². The molecule has 2 rings (SSSR count). The number of rotatable bonds is 8. The Morgan fingerprint density at radius 1 is 1.23 bits per heavy atom. The third kappa shape index (κ3) is 5.27. The highest BCUT2D eigenvalue weighted by Gasteiger charge is 2.22. The zero-order valence-electron chi connectivity index (χ0n) is 16.4. The fourth-order valence-electron chi connectivity index (χ4n) is 3.33. The SMILES string of the molecule is CCC(NC(=O)N(CC)CC1CCOCC1)c1ccc(OC)c(OC)c1. The second-order valence-electron chi connectivity index (χ2n) is 6.62. The summed E-state index contributed by atoms with van der Waals surface area (Å²) in [4.78, 5) is 14.7. The van der Waals surface area contributed by atoms with Gasteiger partial charge >= 0.3 is 6.03 Å². The minimum Gasteiger partial charge on any atom is -0.493 e. The quantitative estimate of drug-likeness (QED) is 0.765. The van der Waals surface area contributed by atoms with Gasteiger partial charge in [0.2, 0.25) is 0 Å². The monoisotopic (exact) mass is 364 g/mol. The van der Waals surface area contributed by atoms with E-state index in [0.29, 0.717) is 24.0 Å². The maximum absolute atomic E-state index is 12.8. The molecule has 146 valence electrons. The lowest BCUT2D eigenvalue weighted by atomic mass is 10.00. The van der Waals surface area contributed by atoms with Crippen LogP contribution < -0.4 is 14.8 Å². The summed E-state index contributed by atoms with van der Waals surface area (Å²) >= 11 is 0. The topological polar surface area (TPSA) is 60.0 Å². The van der Waals surface area contributed by atoms with Crippen LogP contribution in [-0.2, 0) is 4.74 Å². The molecule has 0 bridgehead atoms. The summed E-state index contributed by atoms with van der Waals surface area (Å²) in [5.41, 5.74) is 1.01. The van der Waals surface area contributed by atoms with Gasteiger partial charge in [0, 0.05) is 26.3 Å². The second kappa shape index (κ2) is 10.3. The molecule has 0 aromatic heterocycles. The van der Waals surface area contributed by atoms with Crippen molar-refractivity contribution in [2.24, 2.45) is 5.92 Å². The predicted molar refractivity (Wildman–Crippen MR) is 102 cm³/mol. The van der Waals surface area contributed by atoms with Gasteiger partial charge < -0.3 is 24.4 Å². The number of carbonyl (C=O) groups excluding carboxylic acids is 1. The predicted octanol–water partition coefficient (Wildman–Crippen LogP) is 3.61. The van der Waals surface area contributed by atoms with E-state index in [0.717, 1.165) is 44.6 Å². The smallest absolute Gasteiger partial charge is 0.317 e. The molecule has 1 N–H and O–H groups in total. The highest BCUT2D eigenvalue weighted by Crippen LogP contribution is 2.31. The first kappa shape index (κ1) is 20.4. The highest BCUT2D eigenvalue weighted by atomic mass is 16.5. The van der Waals surface area contributed by atoms with Gasteiger partial charge in [0.15, 0.2) is 11.5 Å². The Kier molecular flexibility index (Phi) is 8.04. The molecule has 2 amide bonds. The number of hydrogen-bond acceptors (Lipinski definition) is 4. The molecule has 0 spiro atoms. The van der Waals surface area contributed by atoms with Crippen LogP contribution in [0.25, 0.3) is 0 Å². The van der Waals surface area contributed by atoms with Gasteiger partial charge in [-0.15, -0.1) is 0 Å². The number of nitrogens with zero attached hydrogens (tertiary/aromatic N) is 1. The maximum Gasteiger partial charge on any atom is 0.317 e. The summed E-state index contributed by atoms with van der Waals surface area (Å²) in [6.45, 7) is 7.17. The van der Waals surface area contributed by atoms with Crippen LogP contribution in [0.4, 0.5) is 4.79 Å². The zero-order chi connectivity index (χ0) is 18.9.